The minimum Gasteiger partial charge on any atom is -0.207 e. The maximum atomic E-state index is 12.9. The first-order chi connectivity index (χ1) is 7.72. The zero-order valence-electron chi connectivity index (χ0n) is 9.50. The summed E-state index contributed by atoms with van der Waals surface area (Å²) in [4.78, 5) is 0.0709. The average Bonchev–Trinajstić information content (AvgIpc) is 2.70. The zero-order valence-corrected chi connectivity index (χ0v) is 11.9. The molecule has 1 aliphatic rings. The van der Waals surface area contributed by atoms with Gasteiger partial charge in [-0.15, -0.1) is 0 Å². The summed E-state index contributed by atoms with van der Waals surface area (Å²) in [5.74, 6) is -0.470. The van der Waals surface area contributed by atoms with Crippen LogP contribution in [0.5, 0.6) is 0 Å². The van der Waals surface area contributed by atoms with Crippen LogP contribution < -0.4 is 4.72 Å². The molecule has 1 aliphatic carbocycles. The molecular weight excluding hydrogens is 309 g/mol. The zero-order chi connectivity index (χ0) is 12.8. The summed E-state index contributed by atoms with van der Waals surface area (Å²) >= 11 is 3.06. The summed E-state index contributed by atoms with van der Waals surface area (Å²) in [6.45, 7) is 4.00. The van der Waals surface area contributed by atoms with Crippen molar-refractivity contribution in [3.05, 3.63) is 28.5 Å². The van der Waals surface area contributed by atoms with Crippen LogP contribution in [0.1, 0.15) is 20.3 Å². The summed E-state index contributed by atoms with van der Waals surface area (Å²) < 4.78 is 39.8. The lowest BCUT2D eigenvalue weighted by Gasteiger charge is -2.09. The lowest BCUT2D eigenvalue weighted by Crippen LogP contribution is -2.28. The van der Waals surface area contributed by atoms with Gasteiger partial charge in [-0.2, -0.15) is 0 Å². The van der Waals surface area contributed by atoms with Crippen LogP contribution >= 0.6 is 15.9 Å². The standard InChI is InChI=1S/C11H13BrFNO2S/c1-11(2)6-10(11)14-17(15,16)9-4-3-7(13)5-8(9)12/h3-5,10,14H,6H2,1-2H3. The van der Waals surface area contributed by atoms with Gasteiger partial charge >= 0.3 is 0 Å². The molecule has 0 aliphatic heterocycles. The van der Waals surface area contributed by atoms with E-state index in [-0.39, 0.29) is 20.8 Å². The Morgan fingerprint density at radius 1 is 1.47 bits per heavy atom. The molecular formula is C11H13BrFNO2S. The quantitative estimate of drug-likeness (QED) is 0.930. The molecule has 1 saturated carbocycles. The maximum absolute atomic E-state index is 12.9. The average molecular weight is 322 g/mol. The van der Waals surface area contributed by atoms with E-state index in [9.17, 15) is 12.8 Å². The van der Waals surface area contributed by atoms with Gasteiger partial charge in [-0.3, -0.25) is 0 Å². The van der Waals surface area contributed by atoms with Gasteiger partial charge in [0.15, 0.2) is 0 Å². The molecule has 6 heteroatoms. The number of sulfonamides is 1. The van der Waals surface area contributed by atoms with Gasteiger partial charge in [0.25, 0.3) is 0 Å². The third-order valence-electron chi connectivity index (χ3n) is 2.99. The molecule has 0 saturated heterocycles. The third-order valence-corrected chi connectivity index (χ3v) is 5.44. The highest BCUT2D eigenvalue weighted by molar-refractivity contribution is 9.10. The van der Waals surface area contributed by atoms with Gasteiger partial charge in [0.05, 0.1) is 4.90 Å². The molecule has 17 heavy (non-hydrogen) atoms. The van der Waals surface area contributed by atoms with Crippen molar-refractivity contribution in [3.63, 3.8) is 0 Å². The SMILES string of the molecule is CC1(C)CC1NS(=O)(=O)c1ccc(F)cc1Br. The summed E-state index contributed by atoms with van der Waals surface area (Å²) in [5.41, 5.74) is 0.0135. The molecule has 0 spiro atoms. The Hall–Kier alpha value is -0.460. The molecule has 1 N–H and O–H groups in total. The molecule has 1 fully saturated rings. The van der Waals surface area contributed by atoms with Crippen molar-refractivity contribution in [1.82, 2.24) is 4.72 Å². The Balaban J connectivity index is 2.26. The Kier molecular flexibility index (Phi) is 3.08. The highest BCUT2D eigenvalue weighted by Crippen LogP contribution is 2.45. The predicted octanol–water partition coefficient (Wildman–Crippen LogP) is 2.67. The molecule has 94 valence electrons. The normalized spacial score (nSPS) is 22.5. The molecule has 0 amide bonds. The first-order valence-corrected chi connectivity index (χ1v) is 7.47. The van der Waals surface area contributed by atoms with E-state index in [0.717, 1.165) is 18.6 Å². The largest absolute Gasteiger partial charge is 0.241 e. The van der Waals surface area contributed by atoms with Gasteiger partial charge in [0.1, 0.15) is 5.82 Å². The number of hydrogen-bond donors (Lipinski definition) is 1. The number of rotatable bonds is 3. The maximum Gasteiger partial charge on any atom is 0.241 e. The van der Waals surface area contributed by atoms with Gasteiger partial charge in [0, 0.05) is 10.5 Å². The molecule has 1 aromatic carbocycles. The van der Waals surface area contributed by atoms with Gasteiger partial charge < -0.3 is 0 Å². The number of nitrogens with one attached hydrogen (secondary N) is 1. The minimum atomic E-state index is -3.58. The van der Waals surface area contributed by atoms with Crippen LogP contribution in [0.2, 0.25) is 0 Å². The fourth-order valence-corrected chi connectivity index (χ4v) is 4.07. The van der Waals surface area contributed by atoms with E-state index in [2.05, 4.69) is 20.7 Å². The van der Waals surface area contributed by atoms with E-state index in [1.165, 1.54) is 6.07 Å². The van der Waals surface area contributed by atoms with Crippen LogP contribution in [0.4, 0.5) is 4.39 Å². The molecule has 0 bridgehead atoms. The number of halogens is 2. The van der Waals surface area contributed by atoms with Crippen LogP contribution in [-0.2, 0) is 10.0 Å². The second-order valence-electron chi connectivity index (χ2n) is 4.94. The highest BCUT2D eigenvalue weighted by atomic mass is 79.9. The van der Waals surface area contributed by atoms with E-state index in [1.807, 2.05) is 13.8 Å². The second-order valence-corrected chi connectivity index (χ2v) is 7.48. The molecule has 0 aromatic heterocycles. The van der Waals surface area contributed by atoms with Crippen molar-refractivity contribution < 1.29 is 12.8 Å². The summed E-state index contributed by atoms with van der Waals surface area (Å²) in [7, 11) is -3.58. The van der Waals surface area contributed by atoms with Gasteiger partial charge in [0.2, 0.25) is 10.0 Å². The first-order valence-electron chi connectivity index (χ1n) is 5.20. The highest BCUT2D eigenvalue weighted by Gasteiger charge is 2.48. The van der Waals surface area contributed by atoms with E-state index in [1.54, 1.807) is 0 Å². The van der Waals surface area contributed by atoms with Crippen molar-refractivity contribution in [1.29, 1.82) is 0 Å². The van der Waals surface area contributed by atoms with Crippen molar-refractivity contribution >= 4 is 26.0 Å². The van der Waals surface area contributed by atoms with Crippen LogP contribution in [0.15, 0.2) is 27.6 Å². The van der Waals surface area contributed by atoms with Crippen molar-refractivity contribution in [2.75, 3.05) is 0 Å². The fourth-order valence-electron chi connectivity index (χ4n) is 1.61. The van der Waals surface area contributed by atoms with E-state index < -0.39 is 15.8 Å². The van der Waals surface area contributed by atoms with Gasteiger partial charge in [-0.05, 0) is 46.0 Å². The van der Waals surface area contributed by atoms with Crippen molar-refractivity contribution in [2.45, 2.75) is 31.2 Å². The fraction of sp³-hybridized carbons (Fsp3) is 0.455. The Labute approximate surface area is 109 Å². The van der Waals surface area contributed by atoms with Crippen LogP contribution in [-0.4, -0.2) is 14.5 Å². The molecule has 1 unspecified atom stereocenters. The number of benzene rings is 1. The molecule has 2 rings (SSSR count). The van der Waals surface area contributed by atoms with Crippen LogP contribution in [0.3, 0.4) is 0 Å². The second kappa shape index (κ2) is 4.03. The summed E-state index contributed by atoms with van der Waals surface area (Å²) in [5, 5.41) is 0. The smallest absolute Gasteiger partial charge is 0.207 e. The summed E-state index contributed by atoms with van der Waals surface area (Å²) in [6.07, 6.45) is 0.824. The van der Waals surface area contributed by atoms with E-state index in [4.69, 9.17) is 0 Å². The van der Waals surface area contributed by atoms with E-state index >= 15 is 0 Å². The van der Waals surface area contributed by atoms with Crippen molar-refractivity contribution in [3.8, 4) is 0 Å². The van der Waals surface area contributed by atoms with Gasteiger partial charge in [-0.1, -0.05) is 13.8 Å². The monoisotopic (exact) mass is 321 g/mol. The van der Waals surface area contributed by atoms with Crippen LogP contribution in [0.25, 0.3) is 0 Å². The van der Waals surface area contributed by atoms with Gasteiger partial charge in [-0.25, -0.2) is 17.5 Å². The topological polar surface area (TPSA) is 46.2 Å². The lowest BCUT2D eigenvalue weighted by molar-refractivity contribution is 0.554. The summed E-state index contributed by atoms with van der Waals surface area (Å²) in [6, 6.07) is 3.51. The van der Waals surface area contributed by atoms with E-state index in [0.29, 0.717) is 0 Å². The Morgan fingerprint density at radius 3 is 2.53 bits per heavy atom. The molecule has 1 aromatic rings. The molecule has 0 radical (unpaired) electrons. The lowest BCUT2D eigenvalue weighted by atomic mass is 10.2. The minimum absolute atomic E-state index is 0.0135. The van der Waals surface area contributed by atoms with Crippen molar-refractivity contribution in [2.24, 2.45) is 5.41 Å². The molecule has 1 atom stereocenters. The number of hydrogen-bond acceptors (Lipinski definition) is 2. The third kappa shape index (κ3) is 2.69. The molecule has 0 heterocycles. The Bertz CT molecular complexity index is 557. The Morgan fingerprint density at radius 2 is 2.06 bits per heavy atom. The molecule has 3 nitrogen and oxygen atoms in total. The predicted molar refractivity (Wildman–Crippen MR) is 66.6 cm³/mol. The first kappa shape index (κ1) is 13.0. The van der Waals surface area contributed by atoms with Crippen LogP contribution in [0, 0.1) is 11.2 Å².